The van der Waals surface area contributed by atoms with Crippen molar-refractivity contribution in [2.75, 3.05) is 4.90 Å². The third-order valence-electron chi connectivity index (χ3n) is 14.5. The molecule has 310 valence electrons. The molecule has 2 aliphatic carbocycles. The molecular formula is C64H49N. The van der Waals surface area contributed by atoms with Crippen molar-refractivity contribution in [2.24, 2.45) is 0 Å². The molecule has 0 amide bonds. The highest BCUT2D eigenvalue weighted by Crippen LogP contribution is 2.55. The minimum absolute atomic E-state index is 0.0871. The van der Waals surface area contributed by atoms with E-state index in [-0.39, 0.29) is 10.8 Å². The van der Waals surface area contributed by atoms with E-state index in [0.29, 0.717) is 0 Å². The van der Waals surface area contributed by atoms with Gasteiger partial charge in [-0.3, -0.25) is 0 Å². The number of hydrogen-bond acceptors (Lipinski definition) is 1. The lowest BCUT2D eigenvalue weighted by molar-refractivity contribution is 0.660. The van der Waals surface area contributed by atoms with Gasteiger partial charge >= 0.3 is 0 Å². The first-order chi connectivity index (χ1) is 31.8. The largest absolute Gasteiger partial charge is 0.309 e. The summed E-state index contributed by atoms with van der Waals surface area (Å²) in [7, 11) is 0. The molecule has 0 saturated heterocycles. The van der Waals surface area contributed by atoms with E-state index in [9.17, 15) is 0 Å². The molecule has 0 aliphatic heterocycles. The van der Waals surface area contributed by atoms with Crippen molar-refractivity contribution in [3.8, 4) is 66.8 Å². The third-order valence-corrected chi connectivity index (χ3v) is 14.5. The summed E-state index contributed by atoms with van der Waals surface area (Å²) in [6.07, 6.45) is 0. The minimum Gasteiger partial charge on any atom is -0.309 e. The highest BCUT2D eigenvalue weighted by molar-refractivity contribution is 6.01. The molecule has 10 aromatic carbocycles. The molecule has 0 aromatic heterocycles. The van der Waals surface area contributed by atoms with Crippen LogP contribution < -0.4 is 4.90 Å². The zero-order chi connectivity index (χ0) is 43.9. The van der Waals surface area contributed by atoms with Crippen LogP contribution in [-0.2, 0) is 10.8 Å². The van der Waals surface area contributed by atoms with Crippen molar-refractivity contribution >= 4 is 27.8 Å². The second kappa shape index (κ2) is 14.9. The van der Waals surface area contributed by atoms with Gasteiger partial charge in [0.2, 0.25) is 0 Å². The zero-order valence-electron chi connectivity index (χ0n) is 37.3. The summed E-state index contributed by atoms with van der Waals surface area (Å²) in [5, 5.41) is 2.47. The van der Waals surface area contributed by atoms with Crippen LogP contribution in [0, 0.1) is 0 Å². The number of fused-ring (bicyclic) bond motifs is 7. The molecule has 1 nitrogen and oxygen atoms in total. The Balaban J connectivity index is 1.18. The van der Waals surface area contributed by atoms with Gasteiger partial charge in [0.15, 0.2) is 0 Å². The van der Waals surface area contributed by atoms with Crippen molar-refractivity contribution in [3.05, 3.63) is 247 Å². The van der Waals surface area contributed by atoms with E-state index < -0.39 is 0 Å². The predicted molar refractivity (Wildman–Crippen MR) is 276 cm³/mol. The van der Waals surface area contributed by atoms with Gasteiger partial charge in [-0.25, -0.2) is 0 Å². The smallest absolute Gasteiger partial charge is 0.0546 e. The molecule has 0 radical (unpaired) electrons. The van der Waals surface area contributed by atoms with E-state index in [1.54, 1.807) is 0 Å². The van der Waals surface area contributed by atoms with Crippen LogP contribution in [0.5, 0.6) is 0 Å². The Bertz CT molecular complexity index is 3480. The molecule has 12 rings (SSSR count). The van der Waals surface area contributed by atoms with E-state index in [0.717, 1.165) is 17.1 Å². The van der Waals surface area contributed by atoms with E-state index in [2.05, 4.69) is 257 Å². The SMILES string of the molecule is CC1(C)c2ccccc2-c2cc(-c3ccc(-c4ccc5ccccc5c4)cc3N(c3ccc4c(c3)-c3ccccc3C4(C)C)c3cccc(-c4ccccc4)c3-c3ccccc3)ccc21. The summed E-state index contributed by atoms with van der Waals surface area (Å²) < 4.78 is 0. The second-order valence-electron chi connectivity index (χ2n) is 18.9. The Labute approximate surface area is 383 Å². The lowest BCUT2D eigenvalue weighted by Crippen LogP contribution is -2.16. The molecule has 2 aliphatic rings. The fourth-order valence-electron chi connectivity index (χ4n) is 11.1. The van der Waals surface area contributed by atoms with Crippen LogP contribution in [0.3, 0.4) is 0 Å². The molecule has 0 unspecified atom stereocenters. The van der Waals surface area contributed by atoms with Gasteiger partial charge in [-0.05, 0) is 125 Å². The van der Waals surface area contributed by atoms with Crippen LogP contribution in [0.2, 0.25) is 0 Å². The van der Waals surface area contributed by atoms with Crippen molar-refractivity contribution in [1.29, 1.82) is 0 Å². The van der Waals surface area contributed by atoms with Crippen molar-refractivity contribution in [1.82, 2.24) is 0 Å². The van der Waals surface area contributed by atoms with Crippen LogP contribution in [0.4, 0.5) is 17.1 Å². The third kappa shape index (κ3) is 6.21. The predicted octanol–water partition coefficient (Wildman–Crippen LogP) is 17.6. The molecule has 0 fully saturated rings. The summed E-state index contributed by atoms with van der Waals surface area (Å²) in [5.41, 5.74) is 23.3. The summed E-state index contributed by atoms with van der Waals surface area (Å²) >= 11 is 0. The standard InChI is InChI=1S/C64H49N/c1-63(2)56-27-15-13-24-52(56)54-39-48(33-36-58(54)63)50-35-32-47(46-31-30-42-18-11-12-23-45(42)38-46)40-61(50)65(49-34-37-59-55(41-49)53-25-14-16-28-57(53)64(59,3)4)60-29-17-26-51(43-19-7-5-8-20-43)62(60)44-21-9-6-10-22-44/h5-41H,1-4H3. The number of nitrogens with zero attached hydrogens (tertiary/aromatic N) is 1. The Kier molecular flexibility index (Phi) is 8.94. The molecular weight excluding hydrogens is 783 g/mol. The molecule has 0 spiro atoms. The van der Waals surface area contributed by atoms with Crippen LogP contribution in [0.15, 0.2) is 224 Å². The fourth-order valence-corrected chi connectivity index (χ4v) is 11.1. The highest BCUT2D eigenvalue weighted by Gasteiger charge is 2.37. The quantitative estimate of drug-likeness (QED) is 0.155. The first kappa shape index (κ1) is 38.9. The van der Waals surface area contributed by atoms with Gasteiger partial charge < -0.3 is 4.90 Å². The highest BCUT2D eigenvalue weighted by atomic mass is 15.1. The first-order valence-electron chi connectivity index (χ1n) is 22.9. The van der Waals surface area contributed by atoms with Gasteiger partial charge in [0.25, 0.3) is 0 Å². The maximum absolute atomic E-state index is 2.56. The Hall–Kier alpha value is -7.74. The maximum Gasteiger partial charge on any atom is 0.0546 e. The fraction of sp³-hybridized carbons (Fsp3) is 0.0938. The van der Waals surface area contributed by atoms with Crippen molar-refractivity contribution in [2.45, 2.75) is 38.5 Å². The van der Waals surface area contributed by atoms with E-state index in [1.807, 2.05) is 0 Å². The van der Waals surface area contributed by atoms with Gasteiger partial charge in [0.05, 0.1) is 11.4 Å². The second-order valence-corrected chi connectivity index (χ2v) is 18.9. The Morgan fingerprint density at radius 2 is 0.800 bits per heavy atom. The van der Waals surface area contributed by atoms with Gasteiger partial charge in [-0.1, -0.05) is 216 Å². The summed E-state index contributed by atoms with van der Waals surface area (Å²) in [6.45, 7) is 9.46. The molecule has 10 aromatic rings. The molecule has 0 atom stereocenters. The maximum atomic E-state index is 2.56. The van der Waals surface area contributed by atoms with E-state index in [4.69, 9.17) is 0 Å². The number of benzene rings is 10. The number of rotatable bonds is 7. The van der Waals surface area contributed by atoms with Crippen LogP contribution in [0.25, 0.3) is 77.5 Å². The van der Waals surface area contributed by atoms with Crippen molar-refractivity contribution < 1.29 is 0 Å². The average molecular weight is 832 g/mol. The Morgan fingerprint density at radius 3 is 1.51 bits per heavy atom. The molecule has 0 bridgehead atoms. The lowest BCUT2D eigenvalue weighted by Gasteiger charge is -2.32. The molecule has 65 heavy (non-hydrogen) atoms. The molecule has 0 saturated carbocycles. The van der Waals surface area contributed by atoms with E-state index >= 15 is 0 Å². The summed E-state index contributed by atoms with van der Waals surface area (Å²) in [5.74, 6) is 0. The Morgan fingerprint density at radius 1 is 0.277 bits per heavy atom. The first-order valence-corrected chi connectivity index (χ1v) is 22.9. The topological polar surface area (TPSA) is 3.24 Å². The van der Waals surface area contributed by atoms with Gasteiger partial charge in [-0.15, -0.1) is 0 Å². The molecule has 0 heterocycles. The van der Waals surface area contributed by atoms with Crippen molar-refractivity contribution in [3.63, 3.8) is 0 Å². The number of hydrogen-bond donors (Lipinski definition) is 0. The minimum atomic E-state index is -0.118. The summed E-state index contributed by atoms with van der Waals surface area (Å²) in [6, 6.07) is 83.7. The van der Waals surface area contributed by atoms with Crippen LogP contribution in [0.1, 0.15) is 49.9 Å². The monoisotopic (exact) mass is 831 g/mol. The van der Waals surface area contributed by atoms with Crippen LogP contribution >= 0.6 is 0 Å². The van der Waals surface area contributed by atoms with Crippen LogP contribution in [-0.4, -0.2) is 0 Å². The van der Waals surface area contributed by atoms with Gasteiger partial charge in [0, 0.05) is 27.6 Å². The average Bonchev–Trinajstić information content (AvgIpc) is 3.73. The lowest BCUT2D eigenvalue weighted by atomic mass is 9.82. The number of anilines is 3. The zero-order valence-corrected chi connectivity index (χ0v) is 37.3. The van der Waals surface area contributed by atoms with Gasteiger partial charge in [0.1, 0.15) is 0 Å². The van der Waals surface area contributed by atoms with Gasteiger partial charge in [-0.2, -0.15) is 0 Å². The summed E-state index contributed by atoms with van der Waals surface area (Å²) in [4.78, 5) is 2.56. The normalized spacial score (nSPS) is 13.8. The van der Waals surface area contributed by atoms with E-state index in [1.165, 1.54) is 99.8 Å². The molecule has 1 heteroatoms. The molecule has 0 N–H and O–H groups in total.